The zero-order valence-electron chi connectivity index (χ0n) is 12.3. The molecule has 0 saturated heterocycles. The van der Waals surface area contributed by atoms with Gasteiger partial charge in [-0.3, -0.25) is 0 Å². The molecular formula is C15H26N2S. The standard InChI is InChI=1S/C15H26N2S/c1-9-6-7-14(10(2)8-9)16-11(3)15-12(4)18-13(5)17-15/h9-11,14,16H,6-8H2,1-5H3. The maximum absolute atomic E-state index is 4.67. The molecule has 1 aliphatic carbocycles. The zero-order chi connectivity index (χ0) is 13.3. The van der Waals surface area contributed by atoms with Crippen LogP contribution in [0.1, 0.15) is 61.7 Å². The van der Waals surface area contributed by atoms with E-state index >= 15 is 0 Å². The summed E-state index contributed by atoms with van der Waals surface area (Å²) in [6.07, 6.45) is 4.04. The first-order valence-electron chi connectivity index (χ1n) is 7.17. The SMILES string of the molecule is Cc1nc(C(C)NC2CCC(C)CC2C)c(C)s1. The summed E-state index contributed by atoms with van der Waals surface area (Å²) in [5.74, 6) is 1.69. The number of hydrogen-bond donors (Lipinski definition) is 1. The number of nitrogens with one attached hydrogen (secondary N) is 1. The van der Waals surface area contributed by atoms with E-state index in [2.05, 4.69) is 44.9 Å². The van der Waals surface area contributed by atoms with Gasteiger partial charge in [0.25, 0.3) is 0 Å². The predicted octanol–water partition coefficient (Wildman–Crippen LogP) is 4.24. The first-order valence-corrected chi connectivity index (χ1v) is 7.99. The van der Waals surface area contributed by atoms with Gasteiger partial charge in [0, 0.05) is 17.0 Å². The average Bonchev–Trinajstić information content (AvgIpc) is 2.62. The molecule has 0 aliphatic heterocycles. The first-order chi connectivity index (χ1) is 8.47. The number of rotatable bonds is 3. The lowest BCUT2D eigenvalue weighted by Gasteiger charge is -2.35. The van der Waals surface area contributed by atoms with Crippen molar-refractivity contribution in [2.45, 2.75) is 66.0 Å². The number of nitrogens with zero attached hydrogens (tertiary/aromatic N) is 1. The van der Waals surface area contributed by atoms with Crippen molar-refractivity contribution in [3.05, 3.63) is 15.6 Å². The summed E-state index contributed by atoms with van der Waals surface area (Å²) >= 11 is 1.81. The van der Waals surface area contributed by atoms with Gasteiger partial charge in [0.05, 0.1) is 10.7 Å². The van der Waals surface area contributed by atoms with Crippen LogP contribution >= 0.6 is 11.3 Å². The van der Waals surface area contributed by atoms with Crippen LogP contribution in [0.4, 0.5) is 0 Å². The molecule has 0 spiro atoms. The van der Waals surface area contributed by atoms with Crippen LogP contribution in [0.5, 0.6) is 0 Å². The molecule has 2 nitrogen and oxygen atoms in total. The third-order valence-electron chi connectivity index (χ3n) is 4.25. The Kier molecular flexibility index (Phi) is 4.44. The Balaban J connectivity index is 1.99. The highest BCUT2D eigenvalue weighted by molar-refractivity contribution is 7.11. The van der Waals surface area contributed by atoms with E-state index < -0.39 is 0 Å². The lowest BCUT2D eigenvalue weighted by molar-refractivity contribution is 0.215. The van der Waals surface area contributed by atoms with Crippen molar-refractivity contribution < 1.29 is 0 Å². The van der Waals surface area contributed by atoms with Crippen LogP contribution in [0.15, 0.2) is 0 Å². The molecule has 1 fully saturated rings. The highest BCUT2D eigenvalue weighted by Gasteiger charge is 2.27. The summed E-state index contributed by atoms with van der Waals surface area (Å²) in [6.45, 7) is 11.3. The van der Waals surface area contributed by atoms with E-state index in [-0.39, 0.29) is 0 Å². The van der Waals surface area contributed by atoms with Crippen molar-refractivity contribution in [1.82, 2.24) is 10.3 Å². The molecule has 0 radical (unpaired) electrons. The minimum atomic E-state index is 0.385. The Morgan fingerprint density at radius 3 is 2.56 bits per heavy atom. The molecule has 1 aromatic rings. The molecule has 102 valence electrons. The highest BCUT2D eigenvalue weighted by atomic mass is 32.1. The van der Waals surface area contributed by atoms with Gasteiger partial charge in [-0.15, -0.1) is 11.3 Å². The maximum atomic E-state index is 4.67. The minimum absolute atomic E-state index is 0.385. The van der Waals surface area contributed by atoms with Gasteiger partial charge in [-0.05, 0) is 51.9 Å². The Morgan fingerprint density at radius 1 is 1.28 bits per heavy atom. The molecule has 1 saturated carbocycles. The van der Waals surface area contributed by atoms with E-state index in [0.29, 0.717) is 12.1 Å². The molecule has 18 heavy (non-hydrogen) atoms. The average molecular weight is 266 g/mol. The molecule has 0 bridgehead atoms. The topological polar surface area (TPSA) is 24.9 Å². The van der Waals surface area contributed by atoms with Crippen LogP contribution in [0, 0.1) is 25.7 Å². The number of hydrogen-bond acceptors (Lipinski definition) is 3. The largest absolute Gasteiger partial charge is 0.306 e. The lowest BCUT2D eigenvalue weighted by atomic mass is 9.79. The normalized spacial score (nSPS) is 30.4. The predicted molar refractivity (Wildman–Crippen MR) is 79.1 cm³/mol. The van der Waals surface area contributed by atoms with E-state index in [1.54, 1.807) is 0 Å². The van der Waals surface area contributed by atoms with Crippen LogP contribution < -0.4 is 5.32 Å². The molecule has 1 aromatic heterocycles. The van der Waals surface area contributed by atoms with Crippen molar-refractivity contribution in [3.63, 3.8) is 0 Å². The molecule has 2 rings (SSSR count). The minimum Gasteiger partial charge on any atom is -0.306 e. The molecule has 1 aliphatic rings. The van der Waals surface area contributed by atoms with Crippen LogP contribution in [0.25, 0.3) is 0 Å². The van der Waals surface area contributed by atoms with Crippen molar-refractivity contribution in [1.29, 1.82) is 0 Å². The van der Waals surface area contributed by atoms with Crippen molar-refractivity contribution in [2.75, 3.05) is 0 Å². The maximum Gasteiger partial charge on any atom is 0.0900 e. The van der Waals surface area contributed by atoms with Gasteiger partial charge in [-0.1, -0.05) is 13.8 Å². The number of aromatic nitrogens is 1. The Hall–Kier alpha value is -0.410. The van der Waals surface area contributed by atoms with Crippen LogP contribution in [0.2, 0.25) is 0 Å². The van der Waals surface area contributed by atoms with Gasteiger partial charge in [-0.25, -0.2) is 4.98 Å². The van der Waals surface area contributed by atoms with Crippen LogP contribution in [-0.2, 0) is 0 Å². The zero-order valence-corrected chi connectivity index (χ0v) is 13.1. The second kappa shape index (κ2) is 5.70. The van der Waals surface area contributed by atoms with Crippen molar-refractivity contribution in [2.24, 2.45) is 11.8 Å². The van der Waals surface area contributed by atoms with Gasteiger partial charge >= 0.3 is 0 Å². The molecule has 1 heterocycles. The van der Waals surface area contributed by atoms with E-state index in [9.17, 15) is 0 Å². The summed E-state index contributed by atoms with van der Waals surface area (Å²) < 4.78 is 0. The van der Waals surface area contributed by atoms with Crippen LogP contribution in [-0.4, -0.2) is 11.0 Å². The fourth-order valence-corrected chi connectivity index (χ4v) is 4.17. The molecule has 0 amide bonds. The quantitative estimate of drug-likeness (QED) is 0.885. The summed E-state index contributed by atoms with van der Waals surface area (Å²) in [6, 6.07) is 1.05. The highest BCUT2D eigenvalue weighted by Crippen LogP contribution is 2.31. The van der Waals surface area contributed by atoms with Crippen LogP contribution in [0.3, 0.4) is 0 Å². The van der Waals surface area contributed by atoms with Gasteiger partial charge in [0.2, 0.25) is 0 Å². The second-order valence-electron chi connectivity index (χ2n) is 6.06. The lowest BCUT2D eigenvalue weighted by Crippen LogP contribution is -2.40. The molecule has 1 N–H and O–H groups in total. The number of thiazole rings is 1. The Morgan fingerprint density at radius 2 is 2.00 bits per heavy atom. The van der Waals surface area contributed by atoms with Gasteiger partial charge in [-0.2, -0.15) is 0 Å². The summed E-state index contributed by atoms with van der Waals surface area (Å²) in [4.78, 5) is 6.04. The third kappa shape index (κ3) is 3.12. The third-order valence-corrected chi connectivity index (χ3v) is 5.15. The monoisotopic (exact) mass is 266 g/mol. The Labute approximate surface area is 115 Å². The van der Waals surface area contributed by atoms with Gasteiger partial charge in [0.15, 0.2) is 0 Å². The van der Waals surface area contributed by atoms with E-state index in [1.165, 1.54) is 34.8 Å². The van der Waals surface area contributed by atoms with Crippen molar-refractivity contribution >= 4 is 11.3 Å². The molecule has 3 heteroatoms. The smallest absolute Gasteiger partial charge is 0.0900 e. The van der Waals surface area contributed by atoms with E-state index in [0.717, 1.165) is 11.8 Å². The molecule has 4 atom stereocenters. The van der Waals surface area contributed by atoms with Crippen molar-refractivity contribution in [3.8, 4) is 0 Å². The summed E-state index contributed by atoms with van der Waals surface area (Å²) in [5.41, 5.74) is 1.25. The second-order valence-corrected chi connectivity index (χ2v) is 7.47. The molecule has 0 aromatic carbocycles. The van der Waals surface area contributed by atoms with E-state index in [1.807, 2.05) is 11.3 Å². The molecular weight excluding hydrogens is 240 g/mol. The van der Waals surface area contributed by atoms with E-state index in [4.69, 9.17) is 0 Å². The fourth-order valence-electron chi connectivity index (χ4n) is 3.26. The number of aryl methyl sites for hydroxylation is 2. The first kappa shape index (κ1) is 14.0. The van der Waals surface area contributed by atoms with Gasteiger partial charge in [0.1, 0.15) is 0 Å². The summed E-state index contributed by atoms with van der Waals surface area (Å²) in [5, 5.41) is 4.99. The fraction of sp³-hybridized carbons (Fsp3) is 0.800. The molecule has 4 unspecified atom stereocenters. The Bertz CT molecular complexity index is 399. The van der Waals surface area contributed by atoms with Gasteiger partial charge < -0.3 is 5.32 Å². The summed E-state index contributed by atoms with van der Waals surface area (Å²) in [7, 11) is 0.